The molecule has 1 unspecified atom stereocenters. The first kappa shape index (κ1) is 46.4. The second-order valence-electron chi connectivity index (χ2n) is 13.1. The predicted molar refractivity (Wildman–Crippen MR) is 197 cm³/mol. The molecule has 0 aliphatic carbocycles. The number of carbonyl (C=O) groups is 2. The van der Waals surface area contributed by atoms with Crippen LogP contribution in [0.3, 0.4) is 0 Å². The van der Waals surface area contributed by atoms with Gasteiger partial charge in [0.05, 0.1) is 13.2 Å². The lowest BCUT2D eigenvalue weighted by molar-refractivity contribution is -0.161. The summed E-state index contributed by atoms with van der Waals surface area (Å²) in [5.41, 5.74) is 0. The normalized spacial score (nSPS) is 13.4. The molecule has 0 fully saturated rings. The molecule has 0 radical (unpaired) electrons. The second-order valence-corrected chi connectivity index (χ2v) is 17.1. The summed E-state index contributed by atoms with van der Waals surface area (Å²) in [6.45, 7) is -0.362. The van der Waals surface area contributed by atoms with Gasteiger partial charge in [-0.2, -0.15) is 0 Å². The zero-order valence-electron chi connectivity index (χ0n) is 30.4. The number of esters is 2. The molecule has 0 aliphatic heterocycles. The van der Waals surface area contributed by atoms with Gasteiger partial charge >= 0.3 is 18.7 Å². The third-order valence-electron chi connectivity index (χ3n) is 8.47. The van der Waals surface area contributed by atoms with E-state index in [0.29, 0.717) is 24.2 Å². The van der Waals surface area contributed by atoms with Crippen LogP contribution >= 0.6 is 18.2 Å². The Hall–Kier alpha value is -0.600. The van der Waals surface area contributed by atoms with Crippen molar-refractivity contribution in [1.82, 2.24) is 0 Å². The molecule has 47 heavy (non-hydrogen) atoms. The molecular formula is C37H73O8PS. The molecule has 280 valence electrons. The van der Waals surface area contributed by atoms with Crippen LogP contribution in [0.15, 0.2) is 0 Å². The number of aliphatic hydroxyl groups is 1. The number of hydrogen-bond donors (Lipinski definition) is 2. The quantitative estimate of drug-likeness (QED) is 0.0369. The summed E-state index contributed by atoms with van der Waals surface area (Å²) in [6.07, 6.45) is 31.3. The summed E-state index contributed by atoms with van der Waals surface area (Å²) in [5, 5.41) is 8.95. The Balaban J connectivity index is 4.18. The van der Waals surface area contributed by atoms with Crippen molar-refractivity contribution in [2.75, 3.05) is 25.6 Å². The molecular weight excluding hydrogens is 635 g/mol. The van der Waals surface area contributed by atoms with Crippen LogP contribution in [-0.4, -0.2) is 53.6 Å². The van der Waals surface area contributed by atoms with Gasteiger partial charge in [0.2, 0.25) is 0 Å². The zero-order chi connectivity index (χ0) is 34.7. The van der Waals surface area contributed by atoms with E-state index in [0.717, 1.165) is 32.1 Å². The molecule has 0 aromatic carbocycles. The number of aliphatic hydroxyl groups excluding tert-OH is 1. The highest BCUT2D eigenvalue weighted by atomic mass is 32.7. The Kier molecular flexibility index (Phi) is 34.8. The van der Waals surface area contributed by atoms with Gasteiger partial charge in [-0.15, -0.1) is 0 Å². The highest BCUT2D eigenvalue weighted by Gasteiger charge is 2.25. The molecule has 0 aromatic rings. The first-order valence-corrected chi connectivity index (χ1v) is 22.6. The molecule has 10 heteroatoms. The second kappa shape index (κ2) is 35.2. The molecule has 0 spiro atoms. The lowest BCUT2D eigenvalue weighted by atomic mass is 10.0. The summed E-state index contributed by atoms with van der Waals surface area (Å²) in [4.78, 5) is 34.8. The van der Waals surface area contributed by atoms with Crippen molar-refractivity contribution in [3.63, 3.8) is 0 Å². The van der Waals surface area contributed by atoms with Crippen LogP contribution in [0, 0.1) is 0 Å². The molecule has 0 rings (SSSR count). The van der Waals surface area contributed by atoms with Crippen molar-refractivity contribution in [1.29, 1.82) is 0 Å². The van der Waals surface area contributed by atoms with Crippen LogP contribution < -0.4 is 0 Å². The number of hydrogen-bond acceptors (Lipinski definition) is 8. The van der Waals surface area contributed by atoms with Crippen molar-refractivity contribution < 1.29 is 38.2 Å². The number of carbonyl (C=O) groups excluding carboxylic acids is 2. The van der Waals surface area contributed by atoms with E-state index >= 15 is 0 Å². The third kappa shape index (κ3) is 35.0. The highest BCUT2D eigenvalue weighted by molar-refractivity contribution is 8.54. The van der Waals surface area contributed by atoms with Gasteiger partial charge < -0.3 is 19.5 Å². The molecule has 0 saturated carbocycles. The monoisotopic (exact) mass is 708 g/mol. The van der Waals surface area contributed by atoms with Crippen LogP contribution in [0.5, 0.6) is 0 Å². The molecule has 2 atom stereocenters. The predicted octanol–water partition coefficient (Wildman–Crippen LogP) is 11.2. The number of unbranched alkanes of at least 4 members (excludes halogenated alkanes) is 24. The fourth-order valence-corrected chi connectivity index (χ4v) is 7.65. The average Bonchev–Trinajstić information content (AvgIpc) is 3.05. The van der Waals surface area contributed by atoms with Crippen LogP contribution in [0.1, 0.15) is 194 Å². The van der Waals surface area contributed by atoms with E-state index < -0.39 is 18.9 Å². The summed E-state index contributed by atoms with van der Waals surface area (Å²) < 4.78 is 28.2. The summed E-state index contributed by atoms with van der Waals surface area (Å²) in [5.74, 6) is -0.747. The molecule has 8 nitrogen and oxygen atoms in total. The van der Waals surface area contributed by atoms with E-state index in [1.165, 1.54) is 128 Å². The van der Waals surface area contributed by atoms with Gasteiger partial charge in [0, 0.05) is 18.6 Å². The Morgan fingerprint density at radius 3 is 1.32 bits per heavy atom. The van der Waals surface area contributed by atoms with Crippen molar-refractivity contribution >= 4 is 30.1 Å². The molecule has 0 bridgehead atoms. The summed E-state index contributed by atoms with van der Waals surface area (Å²) in [6, 6.07) is 0. The molecule has 0 aliphatic rings. The van der Waals surface area contributed by atoms with Crippen LogP contribution in [-0.2, 0) is 28.2 Å². The van der Waals surface area contributed by atoms with E-state index in [1.807, 2.05) is 0 Å². The first-order valence-electron chi connectivity index (χ1n) is 19.4. The maximum atomic E-state index is 12.5. The van der Waals surface area contributed by atoms with Gasteiger partial charge in [0.25, 0.3) is 0 Å². The van der Waals surface area contributed by atoms with Crippen LogP contribution in [0.25, 0.3) is 0 Å². The van der Waals surface area contributed by atoms with Crippen molar-refractivity contribution in [3.8, 4) is 0 Å². The maximum absolute atomic E-state index is 12.5. The van der Waals surface area contributed by atoms with Gasteiger partial charge in [-0.3, -0.25) is 14.1 Å². The topological polar surface area (TPSA) is 119 Å². The van der Waals surface area contributed by atoms with E-state index in [2.05, 4.69) is 13.8 Å². The molecule has 0 saturated heterocycles. The zero-order valence-corrected chi connectivity index (χ0v) is 32.1. The van der Waals surface area contributed by atoms with Crippen molar-refractivity contribution in [3.05, 3.63) is 0 Å². The van der Waals surface area contributed by atoms with Crippen molar-refractivity contribution in [2.45, 2.75) is 200 Å². The van der Waals surface area contributed by atoms with Gasteiger partial charge in [0.15, 0.2) is 6.10 Å². The molecule has 0 amide bonds. The van der Waals surface area contributed by atoms with E-state index in [9.17, 15) is 19.0 Å². The van der Waals surface area contributed by atoms with E-state index in [4.69, 9.17) is 19.1 Å². The third-order valence-corrected chi connectivity index (χ3v) is 11.5. The van der Waals surface area contributed by atoms with E-state index in [-0.39, 0.29) is 38.0 Å². The fraction of sp³-hybridized carbons (Fsp3) is 0.946. The molecule has 0 heterocycles. The average molecular weight is 709 g/mol. The Labute approximate surface area is 292 Å². The minimum atomic E-state index is -4.02. The first-order chi connectivity index (χ1) is 22.8. The van der Waals surface area contributed by atoms with Crippen molar-refractivity contribution in [2.24, 2.45) is 0 Å². The van der Waals surface area contributed by atoms with Gasteiger partial charge in [0.1, 0.15) is 6.61 Å². The Bertz CT molecular complexity index is 754. The Morgan fingerprint density at radius 2 is 0.936 bits per heavy atom. The molecule has 2 N–H and O–H groups in total. The Morgan fingerprint density at radius 1 is 0.574 bits per heavy atom. The number of rotatable bonds is 37. The van der Waals surface area contributed by atoms with Crippen LogP contribution in [0.4, 0.5) is 0 Å². The fourth-order valence-electron chi connectivity index (χ4n) is 5.56. The summed E-state index contributed by atoms with van der Waals surface area (Å²) >= 11 is 0.612. The van der Waals surface area contributed by atoms with Gasteiger partial charge in [-0.05, 0) is 24.2 Å². The minimum absolute atomic E-state index is 0.0470. The van der Waals surface area contributed by atoms with Crippen LogP contribution in [0.2, 0.25) is 0 Å². The summed E-state index contributed by atoms with van der Waals surface area (Å²) in [7, 11) is 0. The minimum Gasteiger partial charge on any atom is -0.462 e. The largest absolute Gasteiger partial charge is 0.462 e. The SMILES string of the molecule is CCCCCCCCCCCCCCCC(=O)OC[C@H](COP(=O)(O)SCCO)OC(=O)CCCCCCCCCCCCCCC. The lowest BCUT2D eigenvalue weighted by Crippen LogP contribution is -2.29. The molecule has 0 aromatic heterocycles. The highest BCUT2D eigenvalue weighted by Crippen LogP contribution is 2.55. The standard InChI is InChI=1S/C37H73O8PS/c1-3-5-7-9-11-13-15-17-19-21-23-25-27-29-36(39)43-33-35(34-44-46(41,42)47-32-31-38)45-37(40)30-28-26-24-22-20-18-16-14-12-10-8-6-4-2/h35,38H,3-34H2,1-2H3,(H,41,42)/t35-/m1/s1. The lowest BCUT2D eigenvalue weighted by Gasteiger charge is -2.19. The maximum Gasteiger partial charge on any atom is 0.386 e. The smallest absolute Gasteiger partial charge is 0.386 e. The van der Waals surface area contributed by atoms with Gasteiger partial charge in [-0.1, -0.05) is 168 Å². The number of ether oxygens (including phenoxy) is 2. The van der Waals surface area contributed by atoms with E-state index in [1.54, 1.807) is 0 Å². The van der Waals surface area contributed by atoms with Gasteiger partial charge in [-0.25, -0.2) is 4.57 Å².